The molecule has 0 saturated heterocycles. The molecule has 0 aromatic rings. The van der Waals surface area contributed by atoms with Crippen molar-refractivity contribution in [1.29, 1.82) is 0 Å². The molecular weight excluding hydrogens is 188 g/mol. The van der Waals surface area contributed by atoms with E-state index in [2.05, 4.69) is 13.2 Å². The van der Waals surface area contributed by atoms with Gasteiger partial charge < -0.3 is 9.47 Å². The van der Waals surface area contributed by atoms with Crippen LogP contribution in [0.3, 0.4) is 0 Å². The summed E-state index contributed by atoms with van der Waals surface area (Å²) in [7, 11) is 0. The van der Waals surface area contributed by atoms with Crippen LogP contribution in [0.1, 0.15) is 32.1 Å². The fraction of sp³-hybridized carbons (Fsp3) is 0.692. The van der Waals surface area contributed by atoms with E-state index in [1.807, 2.05) is 0 Å². The first-order chi connectivity index (χ1) is 7.38. The summed E-state index contributed by atoms with van der Waals surface area (Å²) in [5, 5.41) is 0. The molecule has 0 amide bonds. The first-order valence-electron chi connectivity index (χ1n) is 5.83. The van der Waals surface area contributed by atoms with E-state index in [9.17, 15) is 0 Å². The van der Waals surface area contributed by atoms with Crippen molar-refractivity contribution in [3.63, 3.8) is 0 Å². The summed E-state index contributed by atoms with van der Waals surface area (Å²) in [6.07, 6.45) is 9.48. The Morgan fingerprint density at radius 1 is 1.00 bits per heavy atom. The molecule has 86 valence electrons. The minimum absolute atomic E-state index is 0.685. The molecule has 1 aliphatic carbocycles. The molecule has 2 nitrogen and oxygen atoms in total. The fourth-order valence-corrected chi connectivity index (χ4v) is 2.38. The molecule has 1 saturated carbocycles. The number of rotatable bonds is 7. The van der Waals surface area contributed by atoms with Crippen LogP contribution in [0, 0.1) is 11.8 Å². The molecular formula is C13H22O2. The minimum Gasteiger partial charge on any atom is -0.502 e. The smallest absolute Gasteiger partial charge is 0.0903 e. The van der Waals surface area contributed by atoms with Gasteiger partial charge in [0.15, 0.2) is 0 Å². The van der Waals surface area contributed by atoms with E-state index >= 15 is 0 Å². The second-order valence-electron chi connectivity index (χ2n) is 4.13. The Bertz CT molecular complexity index is 189. The number of hydrogen-bond donors (Lipinski definition) is 0. The Balaban J connectivity index is 2.28. The molecule has 0 radical (unpaired) electrons. The van der Waals surface area contributed by atoms with Gasteiger partial charge in [-0.2, -0.15) is 0 Å². The van der Waals surface area contributed by atoms with Gasteiger partial charge >= 0.3 is 0 Å². The molecule has 0 heterocycles. The highest BCUT2D eigenvalue weighted by Crippen LogP contribution is 2.32. The lowest BCUT2D eigenvalue weighted by atomic mass is 9.78. The maximum absolute atomic E-state index is 5.31. The molecule has 0 aromatic heterocycles. The van der Waals surface area contributed by atoms with Crippen molar-refractivity contribution in [2.75, 3.05) is 13.2 Å². The Morgan fingerprint density at radius 3 is 2.33 bits per heavy atom. The molecule has 2 heteroatoms. The fourth-order valence-electron chi connectivity index (χ4n) is 2.38. The van der Waals surface area contributed by atoms with E-state index in [1.165, 1.54) is 31.9 Å². The van der Waals surface area contributed by atoms with Crippen LogP contribution in [0.15, 0.2) is 25.7 Å². The largest absolute Gasteiger partial charge is 0.502 e. The van der Waals surface area contributed by atoms with Gasteiger partial charge in [0.05, 0.1) is 25.7 Å². The molecule has 0 aliphatic heterocycles. The molecule has 2 unspecified atom stereocenters. The standard InChI is InChI=1S/C13H22O2/c1-3-14-10-9-12-7-5-6-8-13(12)11-15-4-2/h3-4,12-13H,1-2,5-11H2. The predicted octanol–water partition coefficient (Wildman–Crippen LogP) is 3.50. The van der Waals surface area contributed by atoms with Crippen molar-refractivity contribution in [2.24, 2.45) is 11.8 Å². The van der Waals surface area contributed by atoms with Crippen LogP contribution in [-0.4, -0.2) is 13.2 Å². The molecule has 1 fully saturated rings. The van der Waals surface area contributed by atoms with Crippen molar-refractivity contribution in [3.05, 3.63) is 25.7 Å². The van der Waals surface area contributed by atoms with E-state index in [4.69, 9.17) is 9.47 Å². The van der Waals surface area contributed by atoms with E-state index in [0.29, 0.717) is 5.92 Å². The highest BCUT2D eigenvalue weighted by molar-refractivity contribution is 4.76. The summed E-state index contributed by atoms with van der Waals surface area (Å²) in [6.45, 7) is 8.75. The van der Waals surface area contributed by atoms with Gasteiger partial charge in [0.25, 0.3) is 0 Å². The summed E-state index contributed by atoms with van der Waals surface area (Å²) < 4.78 is 10.5. The summed E-state index contributed by atoms with van der Waals surface area (Å²) in [4.78, 5) is 0. The van der Waals surface area contributed by atoms with Crippen molar-refractivity contribution < 1.29 is 9.47 Å². The summed E-state index contributed by atoms with van der Waals surface area (Å²) >= 11 is 0. The molecule has 2 atom stereocenters. The summed E-state index contributed by atoms with van der Waals surface area (Å²) in [6, 6.07) is 0. The zero-order chi connectivity index (χ0) is 10.9. The van der Waals surface area contributed by atoms with E-state index in [1.54, 1.807) is 6.26 Å². The van der Waals surface area contributed by atoms with Crippen molar-refractivity contribution in [3.8, 4) is 0 Å². The lowest BCUT2D eigenvalue weighted by molar-refractivity contribution is 0.0986. The maximum atomic E-state index is 5.31. The zero-order valence-electron chi connectivity index (χ0n) is 9.49. The third-order valence-electron chi connectivity index (χ3n) is 3.22. The second kappa shape index (κ2) is 7.38. The lowest BCUT2D eigenvalue weighted by Crippen LogP contribution is -2.24. The van der Waals surface area contributed by atoms with Crippen LogP contribution in [-0.2, 0) is 9.47 Å². The highest BCUT2D eigenvalue weighted by atomic mass is 16.5. The average molecular weight is 210 g/mol. The van der Waals surface area contributed by atoms with Crippen LogP contribution >= 0.6 is 0 Å². The monoisotopic (exact) mass is 210 g/mol. The van der Waals surface area contributed by atoms with Gasteiger partial charge in [-0.05, 0) is 31.1 Å². The Morgan fingerprint density at radius 2 is 1.67 bits per heavy atom. The quantitative estimate of drug-likeness (QED) is 0.473. The van der Waals surface area contributed by atoms with Crippen LogP contribution < -0.4 is 0 Å². The van der Waals surface area contributed by atoms with Gasteiger partial charge in [0.2, 0.25) is 0 Å². The topological polar surface area (TPSA) is 18.5 Å². The zero-order valence-corrected chi connectivity index (χ0v) is 9.49. The maximum Gasteiger partial charge on any atom is 0.0903 e. The third kappa shape index (κ3) is 4.41. The van der Waals surface area contributed by atoms with Gasteiger partial charge in [-0.1, -0.05) is 26.0 Å². The Hall–Kier alpha value is -0.920. The van der Waals surface area contributed by atoms with Crippen molar-refractivity contribution in [2.45, 2.75) is 32.1 Å². The first-order valence-corrected chi connectivity index (χ1v) is 5.83. The molecule has 0 spiro atoms. The lowest BCUT2D eigenvalue weighted by Gasteiger charge is -2.30. The van der Waals surface area contributed by atoms with Crippen molar-refractivity contribution in [1.82, 2.24) is 0 Å². The first kappa shape index (κ1) is 12.2. The minimum atomic E-state index is 0.685. The molecule has 0 bridgehead atoms. The molecule has 1 rings (SSSR count). The van der Waals surface area contributed by atoms with E-state index in [-0.39, 0.29) is 0 Å². The van der Waals surface area contributed by atoms with Gasteiger partial charge in [-0.15, -0.1) is 0 Å². The molecule has 0 aromatic carbocycles. The second-order valence-corrected chi connectivity index (χ2v) is 4.13. The number of ether oxygens (including phenoxy) is 2. The SMILES string of the molecule is C=COCCC1CCCCC1COC=C. The van der Waals surface area contributed by atoms with Crippen LogP contribution in [0.5, 0.6) is 0 Å². The molecule has 1 aliphatic rings. The molecule has 15 heavy (non-hydrogen) atoms. The normalized spacial score (nSPS) is 25.6. The predicted molar refractivity (Wildman–Crippen MR) is 62.4 cm³/mol. The van der Waals surface area contributed by atoms with E-state index < -0.39 is 0 Å². The summed E-state index contributed by atoms with van der Waals surface area (Å²) in [5.41, 5.74) is 0. The number of hydrogen-bond acceptors (Lipinski definition) is 2. The van der Waals surface area contributed by atoms with Crippen molar-refractivity contribution >= 4 is 0 Å². The Kier molecular flexibility index (Phi) is 5.98. The van der Waals surface area contributed by atoms with Crippen LogP contribution in [0.2, 0.25) is 0 Å². The third-order valence-corrected chi connectivity index (χ3v) is 3.22. The van der Waals surface area contributed by atoms with Crippen LogP contribution in [0.4, 0.5) is 0 Å². The Labute approximate surface area is 93.0 Å². The van der Waals surface area contributed by atoms with Crippen LogP contribution in [0.25, 0.3) is 0 Å². The van der Waals surface area contributed by atoms with Gasteiger partial charge in [-0.3, -0.25) is 0 Å². The summed E-state index contributed by atoms with van der Waals surface area (Å²) in [5.74, 6) is 1.43. The van der Waals surface area contributed by atoms with E-state index in [0.717, 1.165) is 25.6 Å². The highest BCUT2D eigenvalue weighted by Gasteiger charge is 2.24. The van der Waals surface area contributed by atoms with Gasteiger partial charge in [0, 0.05) is 0 Å². The molecule has 0 N–H and O–H groups in total. The van der Waals surface area contributed by atoms with Gasteiger partial charge in [-0.25, -0.2) is 0 Å². The van der Waals surface area contributed by atoms with Gasteiger partial charge in [0.1, 0.15) is 0 Å². The average Bonchev–Trinajstić information content (AvgIpc) is 2.28.